The van der Waals surface area contributed by atoms with E-state index in [2.05, 4.69) is 10.3 Å². The Labute approximate surface area is 64.2 Å². The van der Waals surface area contributed by atoms with Crippen molar-refractivity contribution in [2.24, 2.45) is 7.05 Å². The summed E-state index contributed by atoms with van der Waals surface area (Å²) in [5.74, 6) is 0.276. The van der Waals surface area contributed by atoms with Crippen LogP contribution in [-0.4, -0.2) is 20.8 Å². The number of hydrogen-bond donors (Lipinski definition) is 0. The van der Waals surface area contributed by atoms with Gasteiger partial charge in [-0.1, -0.05) is 5.21 Å². The molecule has 4 heteroatoms. The number of hydrogen-bond acceptors (Lipinski definition) is 3. The molecular formula is C7H9N3O. The summed E-state index contributed by atoms with van der Waals surface area (Å²) in [6.45, 7) is 0. The Kier molecular flexibility index (Phi) is 1.27. The van der Waals surface area contributed by atoms with Gasteiger partial charge < -0.3 is 0 Å². The summed E-state index contributed by atoms with van der Waals surface area (Å²) >= 11 is 0. The first-order valence-electron chi connectivity index (χ1n) is 3.66. The van der Waals surface area contributed by atoms with E-state index in [9.17, 15) is 4.79 Å². The van der Waals surface area contributed by atoms with E-state index < -0.39 is 0 Å². The van der Waals surface area contributed by atoms with E-state index in [1.807, 2.05) is 7.05 Å². The van der Waals surface area contributed by atoms with Crippen LogP contribution >= 0.6 is 0 Å². The molecule has 0 saturated heterocycles. The molecule has 0 radical (unpaired) electrons. The maximum atomic E-state index is 11.0. The highest BCUT2D eigenvalue weighted by Crippen LogP contribution is 2.14. The third-order valence-electron chi connectivity index (χ3n) is 2.03. The standard InChI is InChI=1S/C7H9N3O/c1-10-7-3-2-5(11)4-6(7)8-9-10/h2-4H2,1H3. The Hall–Kier alpha value is -1.19. The number of rotatable bonds is 0. The fourth-order valence-electron chi connectivity index (χ4n) is 1.40. The van der Waals surface area contributed by atoms with Gasteiger partial charge in [0.1, 0.15) is 5.78 Å². The minimum atomic E-state index is 0.276. The second-order valence-corrected chi connectivity index (χ2v) is 2.82. The Morgan fingerprint density at radius 3 is 3.09 bits per heavy atom. The van der Waals surface area contributed by atoms with E-state index in [0.717, 1.165) is 17.8 Å². The molecule has 0 unspecified atom stereocenters. The van der Waals surface area contributed by atoms with Crippen molar-refractivity contribution in [3.05, 3.63) is 11.4 Å². The predicted molar refractivity (Wildman–Crippen MR) is 38.0 cm³/mol. The van der Waals surface area contributed by atoms with Gasteiger partial charge in [-0.15, -0.1) is 5.10 Å². The number of aromatic nitrogens is 3. The van der Waals surface area contributed by atoms with Crippen LogP contribution < -0.4 is 0 Å². The molecule has 1 aliphatic rings. The summed E-state index contributed by atoms with van der Waals surface area (Å²) in [6.07, 6.45) is 1.93. The minimum Gasteiger partial charge on any atom is -0.299 e. The summed E-state index contributed by atoms with van der Waals surface area (Å²) in [5.41, 5.74) is 1.98. The Balaban J connectivity index is 2.44. The van der Waals surface area contributed by atoms with Gasteiger partial charge in [-0.2, -0.15) is 0 Å². The lowest BCUT2D eigenvalue weighted by Crippen LogP contribution is -2.14. The molecule has 0 amide bonds. The SMILES string of the molecule is Cn1nnc2c1CCC(=O)C2. The largest absolute Gasteiger partial charge is 0.299 e. The number of carbonyl (C=O) groups excluding carboxylic acids is 1. The summed E-state index contributed by atoms with van der Waals surface area (Å²) in [4.78, 5) is 11.0. The normalized spacial score (nSPS) is 16.6. The van der Waals surface area contributed by atoms with Gasteiger partial charge in [-0.3, -0.25) is 9.48 Å². The summed E-state index contributed by atoms with van der Waals surface area (Å²) in [6, 6.07) is 0. The molecule has 0 fully saturated rings. The van der Waals surface area contributed by atoms with Crippen molar-refractivity contribution in [2.45, 2.75) is 19.3 Å². The van der Waals surface area contributed by atoms with Gasteiger partial charge >= 0.3 is 0 Å². The molecule has 0 saturated carbocycles. The van der Waals surface area contributed by atoms with Crippen molar-refractivity contribution in [3.8, 4) is 0 Å². The summed E-state index contributed by atoms with van der Waals surface area (Å²) < 4.78 is 1.75. The number of carbonyl (C=O) groups is 1. The third-order valence-corrected chi connectivity index (χ3v) is 2.03. The van der Waals surface area contributed by atoms with Crippen molar-refractivity contribution in [3.63, 3.8) is 0 Å². The van der Waals surface area contributed by atoms with Crippen LogP contribution in [0.2, 0.25) is 0 Å². The topological polar surface area (TPSA) is 47.8 Å². The average Bonchev–Trinajstić information content (AvgIpc) is 2.32. The first kappa shape index (κ1) is 6.52. The lowest BCUT2D eigenvalue weighted by Gasteiger charge is -2.08. The number of ketones is 1. The molecule has 0 spiro atoms. The van der Waals surface area contributed by atoms with Gasteiger partial charge in [0.25, 0.3) is 0 Å². The van der Waals surface area contributed by atoms with Gasteiger partial charge in [0.15, 0.2) is 0 Å². The van der Waals surface area contributed by atoms with Crippen molar-refractivity contribution >= 4 is 5.78 Å². The first-order valence-corrected chi connectivity index (χ1v) is 3.66. The Morgan fingerprint density at radius 2 is 2.27 bits per heavy atom. The number of nitrogens with zero attached hydrogens (tertiary/aromatic N) is 3. The number of aryl methyl sites for hydroxylation is 1. The molecule has 0 aromatic carbocycles. The highest BCUT2D eigenvalue weighted by atomic mass is 16.1. The highest BCUT2D eigenvalue weighted by molar-refractivity contribution is 5.82. The van der Waals surface area contributed by atoms with E-state index in [-0.39, 0.29) is 5.78 Å². The molecule has 1 aromatic heterocycles. The van der Waals surface area contributed by atoms with Crippen molar-refractivity contribution in [1.82, 2.24) is 15.0 Å². The van der Waals surface area contributed by atoms with Gasteiger partial charge in [0.05, 0.1) is 17.8 Å². The maximum absolute atomic E-state index is 11.0. The summed E-state index contributed by atoms with van der Waals surface area (Å²) in [5, 5.41) is 7.75. The van der Waals surface area contributed by atoms with Crippen LogP contribution in [0.4, 0.5) is 0 Å². The van der Waals surface area contributed by atoms with Gasteiger partial charge in [0, 0.05) is 13.5 Å². The minimum absolute atomic E-state index is 0.276. The van der Waals surface area contributed by atoms with Crippen LogP contribution in [0.3, 0.4) is 0 Å². The molecule has 4 nitrogen and oxygen atoms in total. The molecule has 0 aliphatic heterocycles. The molecule has 58 valence electrons. The fraction of sp³-hybridized carbons (Fsp3) is 0.571. The zero-order chi connectivity index (χ0) is 7.84. The van der Waals surface area contributed by atoms with Crippen molar-refractivity contribution in [2.75, 3.05) is 0 Å². The quantitative estimate of drug-likeness (QED) is 0.519. The van der Waals surface area contributed by atoms with Crippen molar-refractivity contribution in [1.29, 1.82) is 0 Å². The first-order chi connectivity index (χ1) is 5.27. The third kappa shape index (κ3) is 0.943. The van der Waals surface area contributed by atoms with E-state index in [1.54, 1.807) is 4.68 Å². The second-order valence-electron chi connectivity index (χ2n) is 2.82. The number of fused-ring (bicyclic) bond motifs is 1. The van der Waals surface area contributed by atoms with E-state index in [1.165, 1.54) is 0 Å². The van der Waals surface area contributed by atoms with Gasteiger partial charge in [-0.25, -0.2) is 0 Å². The Morgan fingerprint density at radius 1 is 1.45 bits per heavy atom. The maximum Gasteiger partial charge on any atom is 0.139 e. The smallest absolute Gasteiger partial charge is 0.139 e. The zero-order valence-electron chi connectivity index (χ0n) is 6.37. The molecule has 1 aromatic rings. The molecule has 2 rings (SSSR count). The molecule has 0 bridgehead atoms. The molecule has 0 atom stereocenters. The molecule has 11 heavy (non-hydrogen) atoms. The van der Waals surface area contributed by atoms with Gasteiger partial charge in [-0.05, 0) is 6.42 Å². The molecule has 0 N–H and O–H groups in total. The zero-order valence-corrected chi connectivity index (χ0v) is 6.37. The summed E-state index contributed by atoms with van der Waals surface area (Å²) in [7, 11) is 1.86. The molecule has 1 heterocycles. The lowest BCUT2D eigenvalue weighted by atomic mass is 10.00. The van der Waals surface area contributed by atoms with Crippen LogP contribution in [0.25, 0.3) is 0 Å². The molecular weight excluding hydrogens is 142 g/mol. The highest BCUT2D eigenvalue weighted by Gasteiger charge is 2.19. The van der Waals surface area contributed by atoms with E-state index in [4.69, 9.17) is 0 Å². The monoisotopic (exact) mass is 151 g/mol. The van der Waals surface area contributed by atoms with Crippen LogP contribution in [0, 0.1) is 0 Å². The lowest BCUT2D eigenvalue weighted by molar-refractivity contribution is -0.118. The Bertz CT molecular complexity index is 303. The van der Waals surface area contributed by atoms with E-state index >= 15 is 0 Å². The molecule has 1 aliphatic carbocycles. The van der Waals surface area contributed by atoms with Gasteiger partial charge in [0.2, 0.25) is 0 Å². The predicted octanol–water partition coefficient (Wildman–Crippen LogP) is -0.127. The fourth-order valence-corrected chi connectivity index (χ4v) is 1.40. The van der Waals surface area contributed by atoms with Crippen LogP contribution in [0.15, 0.2) is 0 Å². The second kappa shape index (κ2) is 2.15. The average molecular weight is 151 g/mol. The number of Topliss-reactive ketones (excluding diaryl/α,β-unsaturated/α-hetero) is 1. The van der Waals surface area contributed by atoms with Crippen molar-refractivity contribution < 1.29 is 4.79 Å². The van der Waals surface area contributed by atoms with Crippen LogP contribution in [0.5, 0.6) is 0 Å². The van der Waals surface area contributed by atoms with E-state index in [0.29, 0.717) is 12.8 Å². The van der Waals surface area contributed by atoms with Crippen LogP contribution in [-0.2, 0) is 24.7 Å². The van der Waals surface area contributed by atoms with Crippen LogP contribution in [0.1, 0.15) is 17.8 Å².